The lowest BCUT2D eigenvalue weighted by molar-refractivity contribution is -0.127. The van der Waals surface area contributed by atoms with Crippen LogP contribution in [0.25, 0.3) is 11.4 Å². The number of nitrogens with zero attached hydrogens (tertiary/aromatic N) is 5. The molecule has 2 amide bonds. The Morgan fingerprint density at radius 3 is 2.49 bits per heavy atom. The van der Waals surface area contributed by atoms with Crippen LogP contribution < -0.4 is 10.2 Å². The molecule has 0 saturated heterocycles. The molecule has 0 saturated carbocycles. The molecule has 192 valence electrons. The van der Waals surface area contributed by atoms with Gasteiger partial charge in [-0.05, 0) is 66.1 Å². The highest BCUT2D eigenvalue weighted by molar-refractivity contribution is 6.01. The van der Waals surface area contributed by atoms with Crippen molar-refractivity contribution in [1.29, 1.82) is 0 Å². The summed E-state index contributed by atoms with van der Waals surface area (Å²) in [5, 5.41) is 14.8. The Morgan fingerprint density at radius 1 is 1.05 bits per heavy atom. The van der Waals surface area contributed by atoms with Crippen molar-refractivity contribution in [2.24, 2.45) is 5.92 Å². The highest BCUT2D eigenvalue weighted by atomic mass is 19.1. The zero-order valence-corrected chi connectivity index (χ0v) is 20.3. The van der Waals surface area contributed by atoms with E-state index in [0.29, 0.717) is 18.0 Å². The fourth-order valence-corrected chi connectivity index (χ4v) is 3.69. The van der Waals surface area contributed by atoms with Gasteiger partial charge in [0.2, 0.25) is 5.82 Å². The van der Waals surface area contributed by atoms with Crippen LogP contribution in [-0.2, 0) is 16.1 Å². The van der Waals surface area contributed by atoms with Gasteiger partial charge in [-0.15, -0.1) is 10.2 Å². The summed E-state index contributed by atoms with van der Waals surface area (Å²) in [6.45, 7) is 3.98. The minimum absolute atomic E-state index is 0.105. The molecule has 0 fully saturated rings. The number of nitrogens with one attached hydrogen (secondary N) is 1. The summed E-state index contributed by atoms with van der Waals surface area (Å²) in [5.74, 6) is -1.61. The predicted molar refractivity (Wildman–Crippen MR) is 131 cm³/mol. The minimum atomic E-state index is -1.29. The summed E-state index contributed by atoms with van der Waals surface area (Å²) in [6.07, 6.45) is 2.10. The van der Waals surface area contributed by atoms with Crippen molar-refractivity contribution in [2.75, 3.05) is 11.4 Å². The molecule has 2 aromatic heterocycles. The third kappa shape index (κ3) is 6.24. The molecule has 4 aromatic rings. The molecule has 0 bridgehead atoms. The lowest BCUT2D eigenvalue weighted by atomic mass is 10.1. The fourth-order valence-electron chi connectivity index (χ4n) is 3.69. The van der Waals surface area contributed by atoms with Gasteiger partial charge in [0.15, 0.2) is 6.04 Å². The van der Waals surface area contributed by atoms with Gasteiger partial charge in [-0.3, -0.25) is 14.5 Å². The maximum atomic E-state index is 15.0. The first-order valence-corrected chi connectivity index (χ1v) is 11.7. The summed E-state index contributed by atoms with van der Waals surface area (Å²) in [4.78, 5) is 29.1. The van der Waals surface area contributed by atoms with E-state index in [4.69, 9.17) is 4.42 Å². The van der Waals surface area contributed by atoms with Gasteiger partial charge in [-0.1, -0.05) is 26.0 Å². The highest BCUT2D eigenvalue weighted by Gasteiger charge is 2.36. The van der Waals surface area contributed by atoms with Gasteiger partial charge in [0, 0.05) is 12.1 Å². The van der Waals surface area contributed by atoms with Crippen LogP contribution in [0.15, 0.2) is 71.3 Å². The molecule has 2 heterocycles. The Bertz CT molecular complexity index is 1340. The van der Waals surface area contributed by atoms with E-state index >= 15 is 0 Å². The molecule has 2 aromatic carbocycles. The van der Waals surface area contributed by atoms with Crippen molar-refractivity contribution >= 4 is 17.5 Å². The van der Waals surface area contributed by atoms with Crippen molar-refractivity contribution < 1.29 is 22.8 Å². The van der Waals surface area contributed by atoms with Crippen molar-refractivity contribution in [3.63, 3.8) is 0 Å². The number of carbonyl (C=O) groups excluding carboxylic acids is 2. The van der Waals surface area contributed by atoms with E-state index in [-0.39, 0.29) is 17.3 Å². The Morgan fingerprint density at radius 2 is 1.81 bits per heavy atom. The monoisotopic (exact) mass is 508 g/mol. The lowest BCUT2D eigenvalue weighted by Gasteiger charge is -2.30. The number of rotatable bonds is 10. The molecular formula is C26H26F2N6O3. The number of furan rings is 1. The van der Waals surface area contributed by atoms with Crippen molar-refractivity contribution in [2.45, 2.75) is 32.9 Å². The number of aromatic nitrogens is 4. The third-order valence-electron chi connectivity index (χ3n) is 5.55. The van der Waals surface area contributed by atoms with Gasteiger partial charge in [0.1, 0.15) is 23.9 Å². The van der Waals surface area contributed by atoms with Crippen LogP contribution in [0, 0.1) is 17.6 Å². The minimum Gasteiger partial charge on any atom is -0.467 e. The first-order chi connectivity index (χ1) is 17.8. The van der Waals surface area contributed by atoms with E-state index in [1.54, 1.807) is 18.2 Å². The molecular weight excluding hydrogens is 482 g/mol. The SMILES string of the molecule is CC(C)CCNC(=O)[C@@H](c1ccco1)N(C(=O)Cn1nnc(-c2ccc(F)cc2)n1)c1ccccc1F. The summed E-state index contributed by atoms with van der Waals surface area (Å²) < 4.78 is 33.7. The highest BCUT2D eigenvalue weighted by Crippen LogP contribution is 2.30. The predicted octanol–water partition coefficient (Wildman–Crippen LogP) is 4.15. The molecule has 1 N–H and O–H groups in total. The summed E-state index contributed by atoms with van der Waals surface area (Å²) in [7, 11) is 0. The van der Waals surface area contributed by atoms with Gasteiger partial charge in [-0.25, -0.2) is 8.78 Å². The first-order valence-electron chi connectivity index (χ1n) is 11.7. The number of hydrogen-bond donors (Lipinski definition) is 1. The van der Waals surface area contributed by atoms with Crippen LogP contribution >= 0.6 is 0 Å². The quantitative estimate of drug-likeness (QED) is 0.345. The second-order valence-corrected chi connectivity index (χ2v) is 8.76. The van der Waals surface area contributed by atoms with Gasteiger partial charge < -0.3 is 9.73 Å². The number of amides is 2. The van der Waals surface area contributed by atoms with Crippen LogP contribution in [0.1, 0.15) is 32.1 Å². The van der Waals surface area contributed by atoms with Gasteiger partial charge in [-0.2, -0.15) is 4.80 Å². The number of anilines is 1. The number of hydrogen-bond acceptors (Lipinski definition) is 6. The van der Waals surface area contributed by atoms with E-state index in [1.807, 2.05) is 13.8 Å². The molecule has 0 spiro atoms. The number of carbonyl (C=O) groups is 2. The second-order valence-electron chi connectivity index (χ2n) is 8.76. The first kappa shape index (κ1) is 25.7. The van der Waals surface area contributed by atoms with E-state index in [9.17, 15) is 18.4 Å². The zero-order valence-electron chi connectivity index (χ0n) is 20.3. The van der Waals surface area contributed by atoms with Crippen LogP contribution in [-0.4, -0.2) is 38.6 Å². The molecule has 1 atom stereocenters. The topological polar surface area (TPSA) is 106 Å². The van der Waals surface area contributed by atoms with Crippen LogP contribution in [0.5, 0.6) is 0 Å². The van der Waals surface area contributed by atoms with Gasteiger partial charge in [0.05, 0.1) is 12.0 Å². The number of tetrazole rings is 1. The Hall–Kier alpha value is -4.41. The summed E-state index contributed by atoms with van der Waals surface area (Å²) >= 11 is 0. The average molecular weight is 509 g/mol. The maximum Gasteiger partial charge on any atom is 0.251 e. The molecule has 4 rings (SSSR count). The molecule has 0 unspecified atom stereocenters. The van der Waals surface area contributed by atoms with Gasteiger partial charge >= 0.3 is 0 Å². The lowest BCUT2D eigenvalue weighted by Crippen LogP contribution is -2.46. The largest absolute Gasteiger partial charge is 0.467 e. The molecule has 11 heteroatoms. The molecule has 0 radical (unpaired) electrons. The zero-order chi connectivity index (χ0) is 26.4. The Labute approximate surface area is 212 Å². The Balaban J connectivity index is 1.66. The molecule has 37 heavy (non-hydrogen) atoms. The third-order valence-corrected chi connectivity index (χ3v) is 5.55. The number of para-hydroxylation sites is 1. The van der Waals surface area contributed by atoms with E-state index in [1.165, 1.54) is 48.7 Å². The maximum absolute atomic E-state index is 15.0. The fraction of sp³-hybridized carbons (Fsp3) is 0.269. The number of benzene rings is 2. The standard InChI is InChI=1S/C26H26F2N6O3/c1-17(2)13-14-29-26(36)24(22-8-5-15-37-22)34(21-7-4-3-6-20(21)28)23(35)16-33-31-25(30-32-33)18-9-11-19(27)12-10-18/h3-12,15,17,24H,13-14,16H2,1-2H3,(H,29,36)/t24-/m1/s1. The van der Waals surface area contributed by atoms with Crippen LogP contribution in [0.3, 0.4) is 0 Å². The molecule has 9 nitrogen and oxygen atoms in total. The molecule has 0 aliphatic heterocycles. The second kappa shape index (κ2) is 11.5. The number of halogens is 2. The summed E-state index contributed by atoms with van der Waals surface area (Å²) in [6, 6.07) is 13.0. The van der Waals surface area contributed by atoms with Crippen LogP contribution in [0.4, 0.5) is 14.5 Å². The van der Waals surface area contributed by atoms with Crippen molar-refractivity contribution in [3.05, 3.63) is 84.3 Å². The van der Waals surface area contributed by atoms with Gasteiger partial charge in [0.25, 0.3) is 11.8 Å². The molecule has 0 aliphatic carbocycles. The summed E-state index contributed by atoms with van der Waals surface area (Å²) in [5.41, 5.74) is 0.399. The average Bonchev–Trinajstić information content (AvgIpc) is 3.56. The van der Waals surface area contributed by atoms with E-state index in [2.05, 4.69) is 20.7 Å². The van der Waals surface area contributed by atoms with E-state index < -0.39 is 36.0 Å². The molecule has 0 aliphatic rings. The van der Waals surface area contributed by atoms with Crippen molar-refractivity contribution in [3.8, 4) is 11.4 Å². The Kier molecular flexibility index (Phi) is 8.02. The van der Waals surface area contributed by atoms with Crippen LogP contribution in [0.2, 0.25) is 0 Å². The normalized spacial score (nSPS) is 11.9. The smallest absolute Gasteiger partial charge is 0.251 e. The van der Waals surface area contributed by atoms with E-state index in [0.717, 1.165) is 16.1 Å². The van der Waals surface area contributed by atoms with Crippen molar-refractivity contribution in [1.82, 2.24) is 25.5 Å².